The number of nitrogens with one attached hydrogen (secondary N) is 1. The number of amides is 1. The lowest BCUT2D eigenvalue weighted by Crippen LogP contribution is -2.12. The van der Waals surface area contributed by atoms with Crippen molar-refractivity contribution in [3.05, 3.63) is 90.4 Å². The average molecular weight is 442 g/mol. The van der Waals surface area contributed by atoms with Crippen molar-refractivity contribution in [1.82, 2.24) is 19.7 Å². The van der Waals surface area contributed by atoms with E-state index >= 15 is 0 Å². The molecule has 1 amide bonds. The summed E-state index contributed by atoms with van der Waals surface area (Å²) in [4.78, 5) is 21.9. The molecule has 0 radical (unpaired) electrons. The number of carbonyl (C=O) groups excluding carboxylic acids is 1. The molecule has 158 valence electrons. The highest BCUT2D eigenvalue weighted by atomic mass is 32.1. The predicted octanol–water partition coefficient (Wildman–Crippen LogP) is 4.86. The van der Waals surface area contributed by atoms with Crippen LogP contribution in [0.5, 0.6) is 5.75 Å². The molecule has 0 atom stereocenters. The Labute approximate surface area is 188 Å². The zero-order valence-corrected chi connectivity index (χ0v) is 18.0. The van der Waals surface area contributed by atoms with E-state index in [4.69, 9.17) is 4.74 Å². The molecular weight excluding hydrogens is 422 g/mol. The molecule has 0 aliphatic rings. The number of nitrogens with zero attached hydrogens (tertiary/aromatic N) is 4. The van der Waals surface area contributed by atoms with E-state index in [1.807, 2.05) is 60.7 Å². The van der Waals surface area contributed by atoms with Crippen LogP contribution >= 0.6 is 11.3 Å². The van der Waals surface area contributed by atoms with E-state index in [1.54, 1.807) is 30.4 Å². The van der Waals surface area contributed by atoms with Crippen molar-refractivity contribution in [3.8, 4) is 17.0 Å². The molecule has 7 nitrogen and oxygen atoms in total. The van der Waals surface area contributed by atoms with Gasteiger partial charge in [-0.3, -0.25) is 19.8 Å². The van der Waals surface area contributed by atoms with Crippen LogP contribution in [-0.4, -0.2) is 32.8 Å². The van der Waals surface area contributed by atoms with Gasteiger partial charge in [-0.05, 0) is 35.9 Å². The number of hydrogen-bond donors (Lipinski definition) is 1. The second-order valence-corrected chi connectivity index (χ2v) is 8.15. The van der Waals surface area contributed by atoms with Crippen LogP contribution in [-0.2, 0) is 6.54 Å². The van der Waals surface area contributed by atoms with Gasteiger partial charge in [-0.15, -0.1) is 0 Å². The monoisotopic (exact) mass is 441 g/mol. The lowest BCUT2D eigenvalue weighted by Gasteiger charge is -2.02. The van der Waals surface area contributed by atoms with Crippen molar-refractivity contribution < 1.29 is 9.53 Å². The van der Waals surface area contributed by atoms with Crippen LogP contribution in [0.15, 0.2) is 79.3 Å². The van der Waals surface area contributed by atoms with Crippen molar-refractivity contribution in [3.63, 3.8) is 0 Å². The van der Waals surface area contributed by atoms with Crippen molar-refractivity contribution in [2.24, 2.45) is 0 Å². The quantitative estimate of drug-likeness (QED) is 0.407. The standard InChI is InChI=1S/C24H19N5O2S/c1-31-18-9-10-20-21(12-18)32-24(26-20)27-23(30)19-15-29(14-16-6-3-2-4-7-16)28-22(19)17-8-5-11-25-13-17/h2-13,15H,14H2,1H3,(H,26,27,30). The molecule has 0 saturated carbocycles. The van der Waals surface area contributed by atoms with E-state index in [0.717, 1.165) is 27.1 Å². The number of fused-ring (bicyclic) bond motifs is 1. The van der Waals surface area contributed by atoms with E-state index in [2.05, 4.69) is 20.4 Å². The Morgan fingerprint density at radius 2 is 2.00 bits per heavy atom. The molecule has 0 saturated heterocycles. The maximum atomic E-state index is 13.2. The van der Waals surface area contributed by atoms with Crippen molar-refractivity contribution >= 4 is 32.6 Å². The highest BCUT2D eigenvalue weighted by molar-refractivity contribution is 7.22. The number of benzene rings is 2. The minimum absolute atomic E-state index is 0.269. The van der Waals surface area contributed by atoms with Gasteiger partial charge < -0.3 is 4.74 Å². The molecule has 5 rings (SSSR count). The van der Waals surface area contributed by atoms with Crippen molar-refractivity contribution in [1.29, 1.82) is 0 Å². The normalized spacial score (nSPS) is 10.9. The molecule has 0 aliphatic heterocycles. The Morgan fingerprint density at radius 3 is 2.78 bits per heavy atom. The highest BCUT2D eigenvalue weighted by Gasteiger charge is 2.20. The van der Waals surface area contributed by atoms with Crippen LogP contribution in [0.4, 0.5) is 5.13 Å². The molecule has 1 N–H and O–H groups in total. The maximum absolute atomic E-state index is 13.2. The SMILES string of the molecule is COc1ccc2nc(NC(=O)c3cn(Cc4ccccc4)nc3-c3cccnc3)sc2c1. The predicted molar refractivity (Wildman–Crippen MR) is 125 cm³/mol. The van der Waals surface area contributed by atoms with Crippen molar-refractivity contribution in [2.45, 2.75) is 6.54 Å². The number of hydrogen-bond acceptors (Lipinski definition) is 6. The maximum Gasteiger partial charge on any atom is 0.261 e. The van der Waals surface area contributed by atoms with Gasteiger partial charge in [-0.1, -0.05) is 41.7 Å². The third-order valence-electron chi connectivity index (χ3n) is 4.94. The summed E-state index contributed by atoms with van der Waals surface area (Å²) in [5.74, 6) is 0.481. The molecule has 0 fully saturated rings. The van der Waals surface area contributed by atoms with Gasteiger partial charge in [-0.2, -0.15) is 5.10 Å². The summed E-state index contributed by atoms with van der Waals surface area (Å²) in [7, 11) is 1.62. The summed E-state index contributed by atoms with van der Waals surface area (Å²) >= 11 is 1.40. The first-order valence-corrected chi connectivity index (χ1v) is 10.8. The van der Waals surface area contributed by atoms with Gasteiger partial charge in [0.2, 0.25) is 0 Å². The lowest BCUT2D eigenvalue weighted by atomic mass is 10.1. The van der Waals surface area contributed by atoms with Gasteiger partial charge in [0, 0.05) is 24.2 Å². The average Bonchev–Trinajstić information content (AvgIpc) is 3.43. The van der Waals surface area contributed by atoms with E-state index < -0.39 is 0 Å². The first-order valence-electron chi connectivity index (χ1n) is 9.97. The topological polar surface area (TPSA) is 81.9 Å². The summed E-state index contributed by atoms with van der Waals surface area (Å²) in [6.45, 7) is 0.558. The summed E-state index contributed by atoms with van der Waals surface area (Å²) < 4.78 is 7.98. The number of aromatic nitrogens is 4. The zero-order valence-electron chi connectivity index (χ0n) is 17.2. The summed E-state index contributed by atoms with van der Waals surface area (Å²) in [6, 6.07) is 19.3. The second kappa shape index (κ2) is 8.60. The third kappa shape index (κ3) is 4.08. The third-order valence-corrected chi connectivity index (χ3v) is 5.88. The van der Waals surface area contributed by atoms with Gasteiger partial charge >= 0.3 is 0 Å². The fourth-order valence-corrected chi connectivity index (χ4v) is 4.29. The molecule has 0 aliphatic carbocycles. The first kappa shape index (κ1) is 19.9. The van der Waals surface area contributed by atoms with E-state index in [9.17, 15) is 4.79 Å². The van der Waals surface area contributed by atoms with Crippen LogP contribution in [0.3, 0.4) is 0 Å². The Kier molecular flexibility index (Phi) is 5.35. The van der Waals surface area contributed by atoms with Crippen molar-refractivity contribution in [2.75, 3.05) is 12.4 Å². The van der Waals surface area contributed by atoms with Crippen LogP contribution in [0.1, 0.15) is 15.9 Å². The van der Waals surface area contributed by atoms with E-state index in [0.29, 0.717) is 22.9 Å². The Hall–Kier alpha value is -4.04. The van der Waals surface area contributed by atoms with E-state index in [-0.39, 0.29) is 5.91 Å². The van der Waals surface area contributed by atoms with Crippen LogP contribution in [0.2, 0.25) is 0 Å². The number of rotatable bonds is 6. The first-order chi connectivity index (χ1) is 15.7. The summed E-state index contributed by atoms with van der Waals surface area (Å²) in [5.41, 5.74) is 3.72. The lowest BCUT2D eigenvalue weighted by molar-refractivity contribution is 0.102. The number of ether oxygens (including phenoxy) is 1. The number of pyridine rings is 1. The fraction of sp³-hybridized carbons (Fsp3) is 0.0833. The van der Waals surface area contributed by atoms with Gasteiger partial charge in [-0.25, -0.2) is 4.98 Å². The van der Waals surface area contributed by atoms with Gasteiger partial charge in [0.1, 0.15) is 11.4 Å². The number of anilines is 1. The van der Waals surface area contributed by atoms with Crippen LogP contribution in [0.25, 0.3) is 21.5 Å². The van der Waals surface area contributed by atoms with Crippen LogP contribution < -0.4 is 10.1 Å². The Morgan fingerprint density at radius 1 is 1.12 bits per heavy atom. The molecule has 0 unspecified atom stereocenters. The molecule has 3 aromatic heterocycles. The molecule has 3 heterocycles. The van der Waals surface area contributed by atoms with Gasteiger partial charge in [0.25, 0.3) is 5.91 Å². The number of thiazole rings is 1. The molecule has 5 aromatic rings. The summed E-state index contributed by atoms with van der Waals surface area (Å²) in [5, 5.41) is 8.13. The molecule has 2 aromatic carbocycles. The second-order valence-electron chi connectivity index (χ2n) is 7.12. The highest BCUT2D eigenvalue weighted by Crippen LogP contribution is 2.30. The largest absolute Gasteiger partial charge is 0.497 e. The molecule has 8 heteroatoms. The zero-order chi connectivity index (χ0) is 21.9. The summed E-state index contributed by atoms with van der Waals surface area (Å²) in [6.07, 6.45) is 5.16. The smallest absolute Gasteiger partial charge is 0.261 e. The minimum Gasteiger partial charge on any atom is -0.497 e. The van der Waals surface area contributed by atoms with E-state index in [1.165, 1.54) is 11.3 Å². The van der Waals surface area contributed by atoms with Gasteiger partial charge in [0.05, 0.1) is 29.4 Å². The molecule has 32 heavy (non-hydrogen) atoms. The molecular formula is C24H19N5O2S. The Balaban J connectivity index is 1.47. The van der Waals surface area contributed by atoms with Gasteiger partial charge in [0.15, 0.2) is 5.13 Å². The fourth-order valence-electron chi connectivity index (χ4n) is 3.40. The number of methoxy groups -OCH3 is 1. The van der Waals surface area contributed by atoms with Crippen LogP contribution in [0, 0.1) is 0 Å². The number of carbonyl (C=O) groups is 1. The Bertz CT molecular complexity index is 1380. The minimum atomic E-state index is -0.269. The molecule has 0 bridgehead atoms. The molecule has 0 spiro atoms.